The number of aliphatic hydroxyl groups excluding tert-OH is 1. The number of hydrogen-bond donors (Lipinski definition) is 1. The molecule has 0 spiro atoms. The number of aromatic nitrogens is 1. The molecule has 1 amide bonds. The zero-order valence-electron chi connectivity index (χ0n) is 18.8. The lowest BCUT2D eigenvalue weighted by Gasteiger charge is -2.29. The highest BCUT2D eigenvalue weighted by molar-refractivity contribution is 7.90. The topological polar surface area (TPSA) is 79.6 Å². The Labute approximate surface area is 198 Å². The molecule has 1 aliphatic rings. The molecule has 172 valence electrons. The van der Waals surface area contributed by atoms with Crippen LogP contribution < -0.4 is 0 Å². The predicted octanol–water partition coefficient (Wildman–Crippen LogP) is 4.12. The van der Waals surface area contributed by atoms with E-state index in [1.165, 1.54) is 8.87 Å². The number of amides is 1. The Kier molecular flexibility index (Phi) is 5.38. The Morgan fingerprint density at radius 2 is 1.53 bits per heavy atom. The average molecular weight is 473 g/mol. The van der Waals surface area contributed by atoms with Crippen LogP contribution in [0.2, 0.25) is 0 Å². The zero-order valence-corrected chi connectivity index (χ0v) is 19.6. The highest BCUT2D eigenvalue weighted by atomic mass is 32.2. The van der Waals surface area contributed by atoms with Crippen molar-refractivity contribution in [2.24, 2.45) is 0 Å². The second kappa shape index (κ2) is 8.27. The number of para-hydroxylation sites is 1. The summed E-state index contributed by atoms with van der Waals surface area (Å²) in [6, 6.07) is 23.0. The lowest BCUT2D eigenvalue weighted by molar-refractivity contribution is -0.137. The van der Waals surface area contributed by atoms with Gasteiger partial charge in [0, 0.05) is 24.2 Å². The number of carbonyl (C=O) groups is 1. The quantitative estimate of drug-likeness (QED) is 0.486. The number of benzene rings is 3. The van der Waals surface area contributed by atoms with Crippen molar-refractivity contribution in [3.8, 4) is 0 Å². The van der Waals surface area contributed by atoms with Gasteiger partial charge in [-0.2, -0.15) is 0 Å². The summed E-state index contributed by atoms with van der Waals surface area (Å²) < 4.78 is 29.5. The molecule has 34 heavy (non-hydrogen) atoms. The molecule has 1 aliphatic heterocycles. The molecule has 7 heteroatoms. The second-order valence-corrected chi connectivity index (χ2v) is 10.3. The molecule has 5 rings (SSSR count). The average Bonchev–Trinajstić information content (AvgIpc) is 3.16. The van der Waals surface area contributed by atoms with Gasteiger partial charge in [-0.15, -0.1) is 0 Å². The van der Waals surface area contributed by atoms with Gasteiger partial charge in [-0.05, 0) is 36.8 Å². The van der Waals surface area contributed by atoms with E-state index in [-0.39, 0.29) is 4.90 Å². The summed E-state index contributed by atoms with van der Waals surface area (Å²) in [7, 11) is -2.48. The molecule has 6 nitrogen and oxygen atoms in total. The van der Waals surface area contributed by atoms with E-state index >= 15 is 0 Å². The smallest absolute Gasteiger partial charge is 0.268 e. The van der Waals surface area contributed by atoms with Crippen molar-refractivity contribution in [2.45, 2.75) is 23.8 Å². The van der Waals surface area contributed by atoms with Gasteiger partial charge in [0.2, 0.25) is 0 Å². The zero-order chi connectivity index (χ0) is 24.0. The first-order valence-corrected chi connectivity index (χ1v) is 12.4. The minimum atomic E-state index is -4.06. The SMILES string of the molecule is Cc1ccc(S(=O)(=O)n2c3c(c4ccccc42)/C=C\N(C)C(=O)[C@H](O)[C@H]3c2ccccc2)cc1. The summed E-state index contributed by atoms with van der Waals surface area (Å²) in [4.78, 5) is 14.5. The standard InChI is InChI=1S/C27H24N2O4S/c1-18-12-14-20(15-13-18)34(32,33)29-23-11-7-6-10-21(23)22-16-17-28(2)27(31)26(30)24(25(22)29)19-8-4-3-5-9-19/h3-17,24,26,30H,1-2H3/b17-16-/t24-,26+/m0/s1. The highest BCUT2D eigenvalue weighted by Crippen LogP contribution is 2.41. The van der Waals surface area contributed by atoms with Gasteiger partial charge < -0.3 is 10.0 Å². The molecule has 2 atom stereocenters. The summed E-state index contributed by atoms with van der Waals surface area (Å²) >= 11 is 0. The fourth-order valence-corrected chi connectivity index (χ4v) is 6.14. The van der Waals surface area contributed by atoms with Crippen molar-refractivity contribution in [3.63, 3.8) is 0 Å². The first-order chi connectivity index (χ1) is 16.3. The summed E-state index contributed by atoms with van der Waals surface area (Å²) in [5.41, 5.74) is 3.09. The van der Waals surface area contributed by atoms with Crippen molar-refractivity contribution in [2.75, 3.05) is 7.05 Å². The van der Waals surface area contributed by atoms with Gasteiger partial charge in [-0.3, -0.25) is 4.79 Å². The molecule has 0 radical (unpaired) electrons. The number of likely N-dealkylation sites (N-methyl/N-ethyl adjacent to an activating group) is 1. The molecule has 0 fully saturated rings. The van der Waals surface area contributed by atoms with E-state index in [0.29, 0.717) is 22.3 Å². The molecule has 3 aromatic carbocycles. The third kappa shape index (κ3) is 3.45. The molecule has 0 unspecified atom stereocenters. The van der Waals surface area contributed by atoms with E-state index in [1.54, 1.807) is 67.9 Å². The molecule has 0 bridgehead atoms. The van der Waals surface area contributed by atoms with Gasteiger partial charge in [-0.25, -0.2) is 12.4 Å². The summed E-state index contributed by atoms with van der Waals surface area (Å²) in [5.74, 6) is -1.41. The Hall–Kier alpha value is -3.68. The van der Waals surface area contributed by atoms with E-state index in [1.807, 2.05) is 37.3 Å². The molecule has 0 aliphatic carbocycles. The van der Waals surface area contributed by atoms with E-state index in [2.05, 4.69) is 0 Å². The van der Waals surface area contributed by atoms with Crippen LogP contribution in [0.1, 0.15) is 28.3 Å². The van der Waals surface area contributed by atoms with Crippen molar-refractivity contribution < 1.29 is 18.3 Å². The van der Waals surface area contributed by atoms with Crippen LogP contribution >= 0.6 is 0 Å². The number of fused-ring (bicyclic) bond motifs is 3. The van der Waals surface area contributed by atoms with E-state index in [0.717, 1.165) is 10.9 Å². The van der Waals surface area contributed by atoms with E-state index in [9.17, 15) is 18.3 Å². The normalized spacial score (nSPS) is 19.5. The monoisotopic (exact) mass is 472 g/mol. The minimum Gasteiger partial charge on any atom is -0.382 e. The molecule has 1 aromatic heterocycles. The van der Waals surface area contributed by atoms with Crippen LogP contribution in [0.5, 0.6) is 0 Å². The lowest BCUT2D eigenvalue weighted by Crippen LogP contribution is -2.39. The minimum absolute atomic E-state index is 0.137. The van der Waals surface area contributed by atoms with Crippen molar-refractivity contribution in [1.29, 1.82) is 0 Å². The maximum absolute atomic E-state index is 14.1. The first kappa shape index (κ1) is 22.1. The predicted molar refractivity (Wildman–Crippen MR) is 132 cm³/mol. The fraction of sp³-hybridized carbons (Fsp3) is 0.148. The molecule has 0 saturated carbocycles. The van der Waals surface area contributed by atoms with Crippen LogP contribution in [0.15, 0.2) is 90.0 Å². The van der Waals surface area contributed by atoms with Gasteiger partial charge in [0.1, 0.15) is 6.10 Å². The number of aliphatic hydroxyl groups is 1. The Morgan fingerprint density at radius 3 is 2.24 bits per heavy atom. The van der Waals surface area contributed by atoms with Gasteiger partial charge in [0.15, 0.2) is 0 Å². The van der Waals surface area contributed by atoms with Gasteiger partial charge in [0.25, 0.3) is 15.9 Å². The van der Waals surface area contributed by atoms with Crippen molar-refractivity contribution in [1.82, 2.24) is 8.87 Å². The van der Waals surface area contributed by atoms with Crippen molar-refractivity contribution >= 4 is 32.9 Å². The van der Waals surface area contributed by atoms with Crippen LogP contribution in [0.4, 0.5) is 0 Å². The molecule has 4 aromatic rings. The summed E-state index contributed by atoms with van der Waals surface area (Å²) in [6.07, 6.45) is 1.84. The van der Waals surface area contributed by atoms with Gasteiger partial charge >= 0.3 is 0 Å². The van der Waals surface area contributed by atoms with Crippen LogP contribution in [0.3, 0.4) is 0 Å². The number of carbonyl (C=O) groups excluding carboxylic acids is 1. The maximum atomic E-state index is 14.1. The molecular weight excluding hydrogens is 448 g/mol. The number of aryl methyl sites for hydroxylation is 1. The number of rotatable bonds is 3. The Bertz CT molecular complexity index is 1520. The first-order valence-electron chi connectivity index (χ1n) is 10.9. The molecule has 0 saturated heterocycles. The van der Waals surface area contributed by atoms with Gasteiger partial charge in [0.05, 0.1) is 22.0 Å². The van der Waals surface area contributed by atoms with Crippen LogP contribution in [-0.4, -0.2) is 41.5 Å². The Morgan fingerprint density at radius 1 is 0.882 bits per heavy atom. The lowest BCUT2D eigenvalue weighted by atomic mass is 9.86. The van der Waals surface area contributed by atoms with Crippen molar-refractivity contribution in [3.05, 3.63) is 107 Å². The second-order valence-electron chi connectivity index (χ2n) is 8.50. The third-order valence-electron chi connectivity index (χ3n) is 6.30. The molecule has 1 N–H and O–H groups in total. The third-order valence-corrected chi connectivity index (χ3v) is 8.04. The maximum Gasteiger partial charge on any atom is 0.268 e. The highest BCUT2D eigenvalue weighted by Gasteiger charge is 2.39. The van der Waals surface area contributed by atoms with E-state index in [4.69, 9.17) is 0 Å². The Balaban J connectivity index is 1.92. The van der Waals surface area contributed by atoms with Gasteiger partial charge in [-0.1, -0.05) is 66.2 Å². The summed E-state index contributed by atoms with van der Waals surface area (Å²) in [6.45, 7) is 1.89. The number of nitrogens with zero attached hydrogens (tertiary/aromatic N) is 2. The fourth-order valence-electron chi connectivity index (χ4n) is 4.56. The van der Waals surface area contributed by atoms with Crippen LogP contribution in [0, 0.1) is 6.92 Å². The van der Waals surface area contributed by atoms with Crippen LogP contribution in [0.25, 0.3) is 17.0 Å². The molecular formula is C27H24N2O4S. The van der Waals surface area contributed by atoms with Crippen LogP contribution in [-0.2, 0) is 14.8 Å². The number of hydrogen-bond acceptors (Lipinski definition) is 4. The molecule has 2 heterocycles. The summed E-state index contributed by atoms with van der Waals surface area (Å²) in [5, 5.41) is 12.0. The largest absolute Gasteiger partial charge is 0.382 e. The van der Waals surface area contributed by atoms with E-state index < -0.39 is 28.0 Å².